The van der Waals surface area contributed by atoms with Crippen LogP contribution in [0.2, 0.25) is 0 Å². The molecule has 0 saturated carbocycles. The number of aromatic nitrogens is 2. The van der Waals surface area contributed by atoms with Gasteiger partial charge in [-0.1, -0.05) is 0 Å². The summed E-state index contributed by atoms with van der Waals surface area (Å²) in [5.41, 5.74) is 5.65. The van der Waals surface area contributed by atoms with Crippen LogP contribution in [0.25, 0.3) is 0 Å². The molecule has 0 unspecified atom stereocenters. The molecule has 3 N–H and O–H groups in total. The number of nitrogens with zero attached hydrogens (tertiary/aromatic N) is 2. The Balaban J connectivity index is 2.09. The minimum absolute atomic E-state index is 0.440. The summed E-state index contributed by atoms with van der Waals surface area (Å²) in [6.45, 7) is 2.87. The van der Waals surface area contributed by atoms with Crippen LogP contribution in [-0.4, -0.2) is 43.4 Å². The van der Waals surface area contributed by atoms with Crippen molar-refractivity contribution in [2.75, 3.05) is 44.5 Å². The number of unbranched alkanes of at least 4 members (excludes halogenated alkanes) is 1. The predicted molar refractivity (Wildman–Crippen MR) is 74.6 cm³/mol. The molecular formula is C11H19BrN4O2. The topological polar surface area (TPSA) is 82.3 Å². The van der Waals surface area contributed by atoms with E-state index in [1.165, 1.54) is 6.33 Å². The van der Waals surface area contributed by atoms with Gasteiger partial charge in [0, 0.05) is 20.3 Å². The molecule has 1 aromatic heterocycles. The van der Waals surface area contributed by atoms with Gasteiger partial charge < -0.3 is 20.5 Å². The fourth-order valence-corrected chi connectivity index (χ4v) is 1.63. The van der Waals surface area contributed by atoms with Gasteiger partial charge in [0.25, 0.3) is 0 Å². The third-order valence-electron chi connectivity index (χ3n) is 2.26. The maximum absolute atomic E-state index is 5.65. The van der Waals surface area contributed by atoms with Gasteiger partial charge in [-0.25, -0.2) is 9.97 Å². The number of methoxy groups -OCH3 is 1. The van der Waals surface area contributed by atoms with Crippen LogP contribution in [0, 0.1) is 0 Å². The Morgan fingerprint density at radius 2 is 2.11 bits per heavy atom. The number of hydrogen-bond donors (Lipinski definition) is 2. The zero-order valence-corrected chi connectivity index (χ0v) is 12.1. The number of nitrogens with one attached hydrogen (secondary N) is 1. The fraction of sp³-hybridized carbons (Fsp3) is 0.636. The molecule has 0 aliphatic carbocycles. The van der Waals surface area contributed by atoms with E-state index in [2.05, 4.69) is 31.2 Å². The van der Waals surface area contributed by atoms with E-state index >= 15 is 0 Å². The van der Waals surface area contributed by atoms with E-state index in [0.717, 1.165) is 31.8 Å². The number of nitrogen functional groups attached to an aromatic ring is 1. The second-order valence-corrected chi connectivity index (χ2v) is 4.45. The number of hydrogen-bond acceptors (Lipinski definition) is 6. The minimum Gasteiger partial charge on any atom is -0.383 e. The third kappa shape index (κ3) is 5.61. The molecule has 1 aromatic rings. The highest BCUT2D eigenvalue weighted by molar-refractivity contribution is 9.10. The first kappa shape index (κ1) is 15.1. The normalized spacial score (nSPS) is 10.6. The molecule has 0 fully saturated rings. The zero-order valence-electron chi connectivity index (χ0n) is 10.5. The van der Waals surface area contributed by atoms with Gasteiger partial charge in [0.05, 0.1) is 13.2 Å². The van der Waals surface area contributed by atoms with E-state index in [1.54, 1.807) is 7.11 Å². The van der Waals surface area contributed by atoms with Crippen LogP contribution >= 0.6 is 15.9 Å². The summed E-state index contributed by atoms with van der Waals surface area (Å²) in [4.78, 5) is 7.97. The van der Waals surface area contributed by atoms with Crippen molar-refractivity contribution in [3.05, 3.63) is 10.8 Å². The van der Waals surface area contributed by atoms with Crippen LogP contribution in [0.5, 0.6) is 0 Å². The molecule has 6 nitrogen and oxygen atoms in total. The maximum atomic E-state index is 5.65. The largest absolute Gasteiger partial charge is 0.383 e. The molecule has 0 amide bonds. The Morgan fingerprint density at radius 3 is 2.89 bits per heavy atom. The Kier molecular flexibility index (Phi) is 7.63. The van der Waals surface area contributed by atoms with E-state index < -0.39 is 0 Å². The average molecular weight is 319 g/mol. The standard InChI is InChI=1S/C11H19BrN4O2/c1-17-6-7-18-5-3-2-4-14-11-9(12)10(13)15-8-16-11/h8H,2-7H2,1H3,(H3,13,14,15,16). The molecule has 0 saturated heterocycles. The van der Waals surface area contributed by atoms with Gasteiger partial charge >= 0.3 is 0 Å². The van der Waals surface area contributed by atoms with E-state index in [0.29, 0.717) is 23.5 Å². The first-order valence-electron chi connectivity index (χ1n) is 5.82. The van der Waals surface area contributed by atoms with E-state index in [-0.39, 0.29) is 0 Å². The first-order valence-corrected chi connectivity index (χ1v) is 6.61. The molecule has 0 aliphatic heterocycles. The van der Waals surface area contributed by atoms with Crippen molar-refractivity contribution in [3.63, 3.8) is 0 Å². The van der Waals surface area contributed by atoms with Gasteiger partial charge in [0.1, 0.15) is 22.4 Å². The molecule has 0 aromatic carbocycles. The van der Waals surface area contributed by atoms with Gasteiger partial charge in [0.2, 0.25) is 0 Å². The Morgan fingerprint density at radius 1 is 1.28 bits per heavy atom. The Bertz CT molecular complexity index is 352. The van der Waals surface area contributed by atoms with Crippen molar-refractivity contribution in [2.24, 2.45) is 0 Å². The van der Waals surface area contributed by atoms with Crippen LogP contribution in [0.4, 0.5) is 11.6 Å². The number of ether oxygens (including phenoxy) is 2. The highest BCUT2D eigenvalue weighted by Crippen LogP contribution is 2.23. The summed E-state index contributed by atoms with van der Waals surface area (Å²) in [5.74, 6) is 1.17. The molecular weight excluding hydrogens is 300 g/mol. The van der Waals surface area contributed by atoms with Crippen molar-refractivity contribution in [2.45, 2.75) is 12.8 Å². The van der Waals surface area contributed by atoms with Crippen molar-refractivity contribution in [1.29, 1.82) is 0 Å². The predicted octanol–water partition coefficient (Wildman–Crippen LogP) is 1.68. The lowest BCUT2D eigenvalue weighted by molar-refractivity contribution is 0.0691. The molecule has 1 rings (SSSR count). The highest BCUT2D eigenvalue weighted by Gasteiger charge is 2.04. The van der Waals surface area contributed by atoms with Gasteiger partial charge in [-0.2, -0.15) is 0 Å². The van der Waals surface area contributed by atoms with Crippen LogP contribution in [0.15, 0.2) is 10.8 Å². The molecule has 0 bridgehead atoms. The average Bonchev–Trinajstić information content (AvgIpc) is 2.37. The highest BCUT2D eigenvalue weighted by atomic mass is 79.9. The van der Waals surface area contributed by atoms with Crippen LogP contribution < -0.4 is 11.1 Å². The fourth-order valence-electron chi connectivity index (χ4n) is 1.29. The van der Waals surface area contributed by atoms with Gasteiger partial charge in [-0.3, -0.25) is 0 Å². The smallest absolute Gasteiger partial charge is 0.145 e. The van der Waals surface area contributed by atoms with Gasteiger partial charge in [-0.15, -0.1) is 0 Å². The lowest BCUT2D eigenvalue weighted by atomic mass is 10.3. The van der Waals surface area contributed by atoms with Crippen molar-refractivity contribution in [1.82, 2.24) is 9.97 Å². The van der Waals surface area contributed by atoms with E-state index in [4.69, 9.17) is 15.2 Å². The Hall–Kier alpha value is -0.920. The molecule has 0 atom stereocenters. The second kappa shape index (κ2) is 9.07. The van der Waals surface area contributed by atoms with Crippen LogP contribution in [0.3, 0.4) is 0 Å². The van der Waals surface area contributed by atoms with Crippen molar-refractivity contribution < 1.29 is 9.47 Å². The molecule has 0 radical (unpaired) electrons. The maximum Gasteiger partial charge on any atom is 0.145 e. The number of nitrogens with two attached hydrogens (primary N) is 1. The van der Waals surface area contributed by atoms with Gasteiger partial charge in [-0.05, 0) is 28.8 Å². The number of rotatable bonds is 9. The number of anilines is 2. The molecule has 7 heteroatoms. The van der Waals surface area contributed by atoms with Gasteiger partial charge in [0.15, 0.2) is 0 Å². The quantitative estimate of drug-likeness (QED) is 0.674. The first-order chi connectivity index (χ1) is 8.75. The molecule has 18 heavy (non-hydrogen) atoms. The number of halogens is 1. The van der Waals surface area contributed by atoms with Crippen LogP contribution in [0.1, 0.15) is 12.8 Å². The SMILES string of the molecule is COCCOCCCCNc1ncnc(N)c1Br. The summed E-state index contributed by atoms with van der Waals surface area (Å²) in [6, 6.07) is 0. The monoisotopic (exact) mass is 318 g/mol. The summed E-state index contributed by atoms with van der Waals surface area (Å²) < 4.78 is 11.0. The minimum atomic E-state index is 0.440. The van der Waals surface area contributed by atoms with Crippen molar-refractivity contribution >= 4 is 27.6 Å². The van der Waals surface area contributed by atoms with E-state index in [1.807, 2.05) is 0 Å². The lowest BCUT2D eigenvalue weighted by Crippen LogP contribution is -2.08. The summed E-state index contributed by atoms with van der Waals surface area (Å²) >= 11 is 3.34. The zero-order chi connectivity index (χ0) is 13.2. The third-order valence-corrected chi connectivity index (χ3v) is 3.04. The summed E-state index contributed by atoms with van der Waals surface area (Å²) in [5, 5.41) is 3.20. The molecule has 0 spiro atoms. The lowest BCUT2D eigenvalue weighted by Gasteiger charge is -2.08. The second-order valence-electron chi connectivity index (χ2n) is 3.66. The van der Waals surface area contributed by atoms with Crippen molar-refractivity contribution in [3.8, 4) is 0 Å². The molecule has 102 valence electrons. The Labute approximate surface area is 115 Å². The summed E-state index contributed by atoms with van der Waals surface area (Å²) in [6.07, 6.45) is 3.44. The summed E-state index contributed by atoms with van der Waals surface area (Å²) in [7, 11) is 1.67. The molecule has 1 heterocycles. The molecule has 0 aliphatic rings. The van der Waals surface area contributed by atoms with E-state index in [9.17, 15) is 0 Å². The van der Waals surface area contributed by atoms with Crippen LogP contribution in [-0.2, 0) is 9.47 Å².